The number of aromatic nitrogens is 2. The third kappa shape index (κ3) is 2.41. The maximum atomic E-state index is 5.78. The predicted molar refractivity (Wildman–Crippen MR) is 95.0 cm³/mol. The first-order chi connectivity index (χ1) is 11.3. The normalized spacial score (nSPS) is 13.0. The van der Waals surface area contributed by atoms with Crippen LogP contribution in [0.15, 0.2) is 35.7 Å². The lowest BCUT2D eigenvalue weighted by atomic mass is 10.1. The fourth-order valence-corrected chi connectivity index (χ4v) is 3.92. The van der Waals surface area contributed by atoms with E-state index in [1.165, 1.54) is 16.0 Å². The molecule has 1 aromatic carbocycles. The molecular weight excluding hydrogens is 306 g/mol. The first-order valence-corrected chi connectivity index (χ1v) is 8.79. The van der Waals surface area contributed by atoms with Gasteiger partial charge in [-0.1, -0.05) is 12.1 Å². The van der Waals surface area contributed by atoms with Gasteiger partial charge in [0.25, 0.3) is 0 Å². The van der Waals surface area contributed by atoms with Crippen molar-refractivity contribution in [2.75, 3.05) is 18.5 Å². The molecule has 23 heavy (non-hydrogen) atoms. The first-order valence-electron chi connectivity index (χ1n) is 7.91. The lowest BCUT2D eigenvalue weighted by Gasteiger charge is -2.12. The summed E-state index contributed by atoms with van der Waals surface area (Å²) in [6.07, 6.45) is 1.01. The number of nitrogens with one attached hydrogen (secondary N) is 1. The maximum absolute atomic E-state index is 5.78. The van der Waals surface area contributed by atoms with Crippen molar-refractivity contribution in [1.82, 2.24) is 9.78 Å². The van der Waals surface area contributed by atoms with E-state index in [4.69, 9.17) is 9.84 Å². The van der Waals surface area contributed by atoms with Gasteiger partial charge in [-0.3, -0.25) is 0 Å². The lowest BCUT2D eigenvalue weighted by Crippen LogP contribution is -2.06. The third-order valence-corrected chi connectivity index (χ3v) is 5.06. The van der Waals surface area contributed by atoms with Crippen molar-refractivity contribution < 1.29 is 4.74 Å². The molecule has 1 aliphatic heterocycles. The van der Waals surface area contributed by atoms with E-state index in [-0.39, 0.29) is 0 Å². The van der Waals surface area contributed by atoms with Gasteiger partial charge >= 0.3 is 0 Å². The van der Waals surface area contributed by atoms with Gasteiger partial charge in [-0.05, 0) is 49.4 Å². The Morgan fingerprint density at radius 1 is 1.35 bits per heavy atom. The summed E-state index contributed by atoms with van der Waals surface area (Å²) in [5, 5.41) is 10.6. The van der Waals surface area contributed by atoms with Gasteiger partial charge in [0.15, 0.2) is 0 Å². The number of aryl methyl sites for hydroxylation is 1. The van der Waals surface area contributed by atoms with E-state index in [1.807, 2.05) is 29.8 Å². The smallest absolute Gasteiger partial charge is 0.145 e. The van der Waals surface area contributed by atoms with Gasteiger partial charge in [-0.25, -0.2) is 4.68 Å². The van der Waals surface area contributed by atoms with Crippen molar-refractivity contribution in [2.24, 2.45) is 0 Å². The van der Waals surface area contributed by atoms with Crippen LogP contribution in [0.4, 0.5) is 5.82 Å². The Labute approximate surface area is 139 Å². The van der Waals surface area contributed by atoms with Crippen LogP contribution in [0.3, 0.4) is 0 Å². The number of anilines is 1. The number of thiophene rings is 1. The predicted octanol–water partition coefficient (Wildman–Crippen LogP) is 4.28. The van der Waals surface area contributed by atoms with Crippen LogP contribution < -0.4 is 10.1 Å². The minimum atomic E-state index is 0.644. The van der Waals surface area contributed by atoms with Crippen molar-refractivity contribution in [3.63, 3.8) is 0 Å². The molecule has 1 N–H and O–H groups in total. The Kier molecular flexibility index (Phi) is 3.58. The molecule has 4 nitrogen and oxygen atoms in total. The molecule has 0 saturated carbocycles. The number of benzene rings is 1. The van der Waals surface area contributed by atoms with Crippen molar-refractivity contribution in [3.8, 4) is 22.0 Å². The highest BCUT2D eigenvalue weighted by molar-refractivity contribution is 7.13. The Balaban J connectivity index is 1.88. The molecular formula is C18H19N3OS. The molecule has 0 amide bonds. The summed E-state index contributed by atoms with van der Waals surface area (Å²) in [4.78, 5) is 1.23. The van der Waals surface area contributed by atoms with E-state index < -0.39 is 0 Å². The van der Waals surface area contributed by atoms with Crippen LogP contribution in [0.25, 0.3) is 16.3 Å². The molecule has 0 bridgehead atoms. The second-order valence-electron chi connectivity index (χ2n) is 5.65. The van der Waals surface area contributed by atoms with Crippen LogP contribution in [-0.4, -0.2) is 22.9 Å². The van der Waals surface area contributed by atoms with Crippen molar-refractivity contribution in [3.05, 3.63) is 46.8 Å². The number of ether oxygens (including phenoxy) is 1. The second-order valence-corrected chi connectivity index (χ2v) is 6.56. The summed E-state index contributed by atoms with van der Waals surface area (Å²) in [7, 11) is 0. The number of rotatable bonds is 4. The van der Waals surface area contributed by atoms with Crippen molar-refractivity contribution >= 4 is 17.2 Å². The van der Waals surface area contributed by atoms with Gasteiger partial charge in [-0.15, -0.1) is 11.3 Å². The zero-order valence-corrected chi connectivity index (χ0v) is 14.1. The van der Waals surface area contributed by atoms with Crippen LogP contribution in [0.5, 0.6) is 5.75 Å². The van der Waals surface area contributed by atoms with Crippen LogP contribution in [0, 0.1) is 6.92 Å². The number of para-hydroxylation sites is 2. The Bertz CT molecular complexity index is 850. The second kappa shape index (κ2) is 5.74. The van der Waals surface area contributed by atoms with Crippen molar-refractivity contribution in [1.29, 1.82) is 0 Å². The van der Waals surface area contributed by atoms with E-state index in [1.54, 1.807) is 11.3 Å². The first kappa shape index (κ1) is 14.3. The Hall–Kier alpha value is -2.27. The standard InChI is InChI=1S/C18H19N3OS/c1-3-22-15-7-5-4-6-14(15)21-18-13(8-9-19-18)17(20-21)16-10-12(2)11-23-16/h4-7,10-11,19H,3,8-9H2,1-2H3. The van der Waals surface area contributed by atoms with Gasteiger partial charge < -0.3 is 10.1 Å². The highest BCUT2D eigenvalue weighted by Gasteiger charge is 2.25. The summed E-state index contributed by atoms with van der Waals surface area (Å²) >= 11 is 1.76. The lowest BCUT2D eigenvalue weighted by molar-refractivity contribution is 0.338. The number of fused-ring (bicyclic) bond motifs is 1. The largest absolute Gasteiger partial charge is 0.492 e. The molecule has 3 heterocycles. The van der Waals surface area contributed by atoms with Gasteiger partial charge in [0.05, 0.1) is 11.5 Å². The summed E-state index contributed by atoms with van der Waals surface area (Å²) in [6.45, 7) is 5.73. The van der Waals surface area contributed by atoms with Gasteiger partial charge in [0.2, 0.25) is 0 Å². The maximum Gasteiger partial charge on any atom is 0.145 e. The van der Waals surface area contributed by atoms with E-state index in [9.17, 15) is 0 Å². The Morgan fingerprint density at radius 2 is 2.22 bits per heavy atom. The minimum Gasteiger partial charge on any atom is -0.492 e. The van der Waals surface area contributed by atoms with E-state index in [0.717, 1.165) is 35.9 Å². The summed E-state index contributed by atoms with van der Waals surface area (Å²) < 4.78 is 7.78. The molecule has 0 fully saturated rings. The third-order valence-electron chi connectivity index (χ3n) is 4.01. The molecule has 0 atom stereocenters. The molecule has 0 radical (unpaired) electrons. The van der Waals surface area contributed by atoms with Gasteiger partial charge in [-0.2, -0.15) is 5.10 Å². The summed E-state index contributed by atoms with van der Waals surface area (Å²) in [5.74, 6) is 1.96. The molecule has 0 aliphatic carbocycles. The monoisotopic (exact) mass is 325 g/mol. The molecule has 0 unspecified atom stereocenters. The molecule has 4 rings (SSSR count). The zero-order chi connectivity index (χ0) is 15.8. The SMILES string of the molecule is CCOc1ccccc1-n1nc(-c2cc(C)cs2)c2c1NCC2. The summed E-state index contributed by atoms with van der Waals surface area (Å²) in [6, 6.07) is 10.3. The van der Waals surface area contributed by atoms with Crippen LogP contribution in [-0.2, 0) is 6.42 Å². The number of hydrogen-bond donors (Lipinski definition) is 1. The number of hydrogen-bond acceptors (Lipinski definition) is 4. The quantitative estimate of drug-likeness (QED) is 0.778. The minimum absolute atomic E-state index is 0.644. The molecule has 118 valence electrons. The fourth-order valence-electron chi connectivity index (χ4n) is 3.01. The molecule has 0 saturated heterocycles. The van der Waals surface area contributed by atoms with Crippen LogP contribution >= 0.6 is 11.3 Å². The van der Waals surface area contributed by atoms with E-state index in [0.29, 0.717) is 6.61 Å². The van der Waals surface area contributed by atoms with Crippen LogP contribution in [0.1, 0.15) is 18.1 Å². The fraction of sp³-hybridized carbons (Fsp3) is 0.278. The van der Waals surface area contributed by atoms with Gasteiger partial charge in [0, 0.05) is 12.1 Å². The molecule has 2 aromatic heterocycles. The molecule has 3 aromatic rings. The van der Waals surface area contributed by atoms with Gasteiger partial charge in [0.1, 0.15) is 22.9 Å². The van der Waals surface area contributed by atoms with E-state index in [2.05, 4.69) is 29.8 Å². The molecule has 0 spiro atoms. The molecule has 5 heteroatoms. The Morgan fingerprint density at radius 3 is 3.00 bits per heavy atom. The number of nitrogens with zero attached hydrogens (tertiary/aromatic N) is 2. The van der Waals surface area contributed by atoms with Crippen molar-refractivity contribution in [2.45, 2.75) is 20.3 Å². The van der Waals surface area contributed by atoms with Crippen LogP contribution in [0.2, 0.25) is 0 Å². The topological polar surface area (TPSA) is 39.1 Å². The average Bonchev–Trinajstić information content (AvgIpc) is 3.24. The summed E-state index contributed by atoms with van der Waals surface area (Å²) in [5.41, 5.74) is 4.67. The highest BCUT2D eigenvalue weighted by Crippen LogP contribution is 2.38. The highest BCUT2D eigenvalue weighted by atomic mass is 32.1. The average molecular weight is 325 g/mol. The molecule has 1 aliphatic rings. The van der Waals surface area contributed by atoms with E-state index >= 15 is 0 Å². The zero-order valence-electron chi connectivity index (χ0n) is 13.3.